The highest BCUT2D eigenvalue weighted by atomic mass is 35.5. The molecule has 2 rings (SSSR count). The second kappa shape index (κ2) is 4.91. The number of benzene rings is 2. The fourth-order valence-electron chi connectivity index (χ4n) is 1.64. The largest absolute Gasteiger partial charge is 0.298 e. The van der Waals surface area contributed by atoms with E-state index in [1.165, 1.54) is 0 Å². The lowest BCUT2D eigenvalue weighted by Crippen LogP contribution is -1.88. The summed E-state index contributed by atoms with van der Waals surface area (Å²) >= 11 is 12.0. The molecule has 0 spiro atoms. The van der Waals surface area contributed by atoms with E-state index in [-0.39, 0.29) is 0 Å². The Kier molecular flexibility index (Phi) is 3.51. The van der Waals surface area contributed by atoms with E-state index < -0.39 is 0 Å². The van der Waals surface area contributed by atoms with Crippen LogP contribution in [0.5, 0.6) is 0 Å². The van der Waals surface area contributed by atoms with Gasteiger partial charge in [0, 0.05) is 15.6 Å². The van der Waals surface area contributed by atoms with Crippen molar-refractivity contribution in [1.29, 1.82) is 0 Å². The number of carbonyl (C=O) groups is 1. The van der Waals surface area contributed by atoms with Crippen LogP contribution >= 0.6 is 23.2 Å². The first-order valence-corrected chi connectivity index (χ1v) is 5.88. The van der Waals surface area contributed by atoms with Crippen LogP contribution in [-0.4, -0.2) is 6.29 Å². The molecule has 0 saturated heterocycles. The topological polar surface area (TPSA) is 17.1 Å². The lowest BCUT2D eigenvalue weighted by atomic mass is 9.99. The van der Waals surface area contributed by atoms with Gasteiger partial charge in [0.25, 0.3) is 0 Å². The highest BCUT2D eigenvalue weighted by molar-refractivity contribution is 6.32. The number of hydrogen-bond donors (Lipinski definition) is 0. The molecule has 0 atom stereocenters. The second-order valence-corrected chi connectivity index (χ2v) is 4.66. The molecule has 0 aliphatic heterocycles. The van der Waals surface area contributed by atoms with Gasteiger partial charge in [-0.1, -0.05) is 35.3 Å². The summed E-state index contributed by atoms with van der Waals surface area (Å²) in [6.45, 7) is 1.94. The van der Waals surface area contributed by atoms with Crippen LogP contribution < -0.4 is 0 Å². The highest BCUT2D eigenvalue weighted by Crippen LogP contribution is 2.29. The van der Waals surface area contributed by atoms with Crippen molar-refractivity contribution in [3.8, 4) is 11.1 Å². The minimum atomic E-state index is 0.599. The van der Waals surface area contributed by atoms with Gasteiger partial charge in [-0.2, -0.15) is 0 Å². The Morgan fingerprint density at radius 1 is 1.06 bits per heavy atom. The molecule has 17 heavy (non-hydrogen) atoms. The van der Waals surface area contributed by atoms with E-state index in [9.17, 15) is 4.79 Å². The smallest absolute Gasteiger partial charge is 0.150 e. The molecule has 0 aliphatic carbocycles. The van der Waals surface area contributed by atoms with Gasteiger partial charge in [-0.3, -0.25) is 4.79 Å². The van der Waals surface area contributed by atoms with Gasteiger partial charge >= 0.3 is 0 Å². The zero-order chi connectivity index (χ0) is 12.4. The monoisotopic (exact) mass is 264 g/mol. The summed E-state index contributed by atoms with van der Waals surface area (Å²) in [6.07, 6.45) is 0.819. The van der Waals surface area contributed by atoms with Gasteiger partial charge in [0.1, 0.15) is 0 Å². The first-order chi connectivity index (χ1) is 8.11. The Hall–Kier alpha value is -1.31. The fourth-order valence-corrected chi connectivity index (χ4v) is 1.99. The summed E-state index contributed by atoms with van der Waals surface area (Å²) in [5, 5.41) is 1.28. The Morgan fingerprint density at radius 2 is 1.82 bits per heavy atom. The molecule has 1 nitrogen and oxygen atoms in total. The molecule has 3 heteroatoms. The lowest BCUT2D eigenvalue weighted by Gasteiger charge is -2.07. The Morgan fingerprint density at radius 3 is 2.47 bits per heavy atom. The molecule has 0 aromatic heterocycles. The molecular formula is C14H10Cl2O. The number of hydrogen-bond acceptors (Lipinski definition) is 1. The summed E-state index contributed by atoms with van der Waals surface area (Å²) in [5.74, 6) is 0. The summed E-state index contributed by atoms with van der Waals surface area (Å²) in [4.78, 5) is 11.0. The summed E-state index contributed by atoms with van der Waals surface area (Å²) in [6, 6.07) is 10.9. The van der Waals surface area contributed by atoms with E-state index in [0.717, 1.165) is 23.0 Å². The summed E-state index contributed by atoms with van der Waals surface area (Å²) < 4.78 is 0. The Labute approximate surface area is 110 Å². The van der Waals surface area contributed by atoms with E-state index in [1.54, 1.807) is 18.2 Å². The van der Waals surface area contributed by atoms with Gasteiger partial charge in [-0.15, -0.1) is 0 Å². The van der Waals surface area contributed by atoms with E-state index in [4.69, 9.17) is 23.2 Å². The normalized spacial score (nSPS) is 10.3. The second-order valence-electron chi connectivity index (χ2n) is 3.81. The predicted octanol–water partition coefficient (Wildman–Crippen LogP) is 4.78. The molecule has 2 aromatic carbocycles. The van der Waals surface area contributed by atoms with Crippen LogP contribution in [-0.2, 0) is 0 Å². The van der Waals surface area contributed by atoms with Gasteiger partial charge < -0.3 is 0 Å². The maximum absolute atomic E-state index is 11.0. The number of rotatable bonds is 2. The van der Waals surface area contributed by atoms with E-state index in [1.807, 2.05) is 25.1 Å². The van der Waals surface area contributed by atoms with Crippen molar-refractivity contribution in [3.63, 3.8) is 0 Å². The van der Waals surface area contributed by atoms with Crippen LogP contribution in [0.3, 0.4) is 0 Å². The number of carbonyl (C=O) groups excluding carboxylic acids is 1. The minimum absolute atomic E-state index is 0.599. The molecule has 0 N–H and O–H groups in total. The maximum atomic E-state index is 11.0. The van der Waals surface area contributed by atoms with Crippen LogP contribution in [0.2, 0.25) is 10.0 Å². The Balaban J connectivity index is 2.62. The van der Waals surface area contributed by atoms with Crippen molar-refractivity contribution in [2.45, 2.75) is 6.92 Å². The fraction of sp³-hybridized carbons (Fsp3) is 0.0714. The minimum Gasteiger partial charge on any atom is -0.298 e. The molecule has 0 amide bonds. The molecular weight excluding hydrogens is 255 g/mol. The van der Waals surface area contributed by atoms with Crippen LogP contribution in [0.25, 0.3) is 11.1 Å². The Bertz CT molecular complexity index is 576. The van der Waals surface area contributed by atoms with Crippen LogP contribution in [0, 0.1) is 6.92 Å². The third-order valence-electron chi connectivity index (χ3n) is 2.63. The molecule has 0 unspecified atom stereocenters. The van der Waals surface area contributed by atoms with E-state index in [2.05, 4.69) is 0 Å². The van der Waals surface area contributed by atoms with E-state index in [0.29, 0.717) is 15.6 Å². The number of aryl methyl sites for hydroxylation is 1. The quantitative estimate of drug-likeness (QED) is 0.714. The van der Waals surface area contributed by atoms with Gasteiger partial charge in [0.2, 0.25) is 0 Å². The summed E-state index contributed by atoms with van der Waals surface area (Å²) in [7, 11) is 0. The maximum Gasteiger partial charge on any atom is 0.150 e. The molecule has 0 saturated carbocycles. The van der Waals surface area contributed by atoms with Crippen molar-refractivity contribution in [2.75, 3.05) is 0 Å². The van der Waals surface area contributed by atoms with Crippen molar-refractivity contribution in [1.82, 2.24) is 0 Å². The van der Waals surface area contributed by atoms with Crippen molar-refractivity contribution in [2.24, 2.45) is 0 Å². The molecule has 0 bridgehead atoms. The van der Waals surface area contributed by atoms with Crippen LogP contribution in [0.1, 0.15) is 15.9 Å². The van der Waals surface area contributed by atoms with Gasteiger partial charge in [0.05, 0.1) is 0 Å². The lowest BCUT2D eigenvalue weighted by molar-refractivity contribution is 0.112. The molecule has 0 heterocycles. The average Bonchev–Trinajstić information content (AvgIpc) is 2.32. The van der Waals surface area contributed by atoms with Crippen LogP contribution in [0.4, 0.5) is 0 Å². The van der Waals surface area contributed by atoms with Gasteiger partial charge in [-0.05, 0) is 47.9 Å². The average molecular weight is 265 g/mol. The SMILES string of the molecule is Cc1ccc(-c2cc(Cl)ccc2C=O)cc1Cl. The molecule has 0 aliphatic rings. The third kappa shape index (κ3) is 2.51. The van der Waals surface area contributed by atoms with Gasteiger partial charge in [-0.25, -0.2) is 0 Å². The van der Waals surface area contributed by atoms with Crippen molar-refractivity contribution in [3.05, 3.63) is 57.6 Å². The zero-order valence-electron chi connectivity index (χ0n) is 9.21. The van der Waals surface area contributed by atoms with Gasteiger partial charge in [0.15, 0.2) is 6.29 Å². The number of aldehydes is 1. The highest BCUT2D eigenvalue weighted by Gasteiger charge is 2.07. The molecule has 0 fully saturated rings. The zero-order valence-corrected chi connectivity index (χ0v) is 10.7. The number of halogens is 2. The van der Waals surface area contributed by atoms with Crippen LogP contribution in [0.15, 0.2) is 36.4 Å². The predicted molar refractivity (Wildman–Crippen MR) is 72.0 cm³/mol. The molecule has 2 aromatic rings. The standard InChI is InChI=1S/C14H10Cl2O/c1-9-2-3-10(6-14(9)16)13-7-12(15)5-4-11(13)8-17/h2-8H,1H3. The first kappa shape index (κ1) is 12.2. The van der Waals surface area contributed by atoms with Crippen molar-refractivity contribution < 1.29 is 4.79 Å². The van der Waals surface area contributed by atoms with E-state index >= 15 is 0 Å². The first-order valence-electron chi connectivity index (χ1n) is 5.13. The third-order valence-corrected chi connectivity index (χ3v) is 3.27. The molecule has 86 valence electrons. The van der Waals surface area contributed by atoms with Crippen molar-refractivity contribution >= 4 is 29.5 Å². The molecule has 0 radical (unpaired) electrons. The summed E-state index contributed by atoms with van der Waals surface area (Å²) in [5.41, 5.74) is 3.30.